The van der Waals surface area contributed by atoms with Crippen molar-refractivity contribution in [2.24, 2.45) is 5.73 Å². The van der Waals surface area contributed by atoms with Gasteiger partial charge in [0.05, 0.1) is 17.9 Å². The average molecular weight is 472 g/mol. The Morgan fingerprint density at radius 1 is 0.970 bits per heavy atom. The fourth-order valence-electron chi connectivity index (χ4n) is 2.80. The van der Waals surface area contributed by atoms with Gasteiger partial charge in [-0.05, 0) is 79.2 Å². The molecule has 8 nitrogen and oxygen atoms in total. The number of ether oxygens (including phenoxy) is 1. The van der Waals surface area contributed by atoms with Crippen LogP contribution in [0.3, 0.4) is 0 Å². The topological polar surface area (TPSA) is 128 Å². The van der Waals surface area contributed by atoms with Crippen molar-refractivity contribution in [3.63, 3.8) is 0 Å². The summed E-state index contributed by atoms with van der Waals surface area (Å²) in [5.41, 5.74) is 6.37. The smallest absolute Gasteiger partial charge is 0.261 e. The summed E-state index contributed by atoms with van der Waals surface area (Å²) in [5.74, 6) is -0.805. The van der Waals surface area contributed by atoms with E-state index in [2.05, 4.69) is 10.0 Å². The van der Waals surface area contributed by atoms with Crippen molar-refractivity contribution in [1.29, 1.82) is 0 Å². The number of rotatable bonds is 9. The fourth-order valence-corrected chi connectivity index (χ4v) is 3.94. The summed E-state index contributed by atoms with van der Waals surface area (Å²) in [5, 5.41) is 2.72. The number of hydrogen-bond donors (Lipinski definition) is 3. The summed E-state index contributed by atoms with van der Waals surface area (Å²) < 4.78 is 46.2. The molecule has 0 aromatic heterocycles. The van der Waals surface area contributed by atoms with Gasteiger partial charge in [-0.3, -0.25) is 14.3 Å². The number of sulfonamides is 1. The molecule has 0 aliphatic heterocycles. The molecule has 0 atom stereocenters. The Kier molecular flexibility index (Phi) is 7.29. The normalized spacial score (nSPS) is 11.0. The van der Waals surface area contributed by atoms with Gasteiger partial charge in [0.2, 0.25) is 5.91 Å². The average Bonchev–Trinajstić information content (AvgIpc) is 2.76. The second-order valence-corrected chi connectivity index (χ2v) is 8.82. The summed E-state index contributed by atoms with van der Waals surface area (Å²) in [4.78, 5) is 23.1. The minimum atomic E-state index is -3.90. The van der Waals surface area contributed by atoms with Gasteiger partial charge in [0.25, 0.3) is 15.9 Å². The highest BCUT2D eigenvalue weighted by Crippen LogP contribution is 2.20. The number of hydrogen-bond acceptors (Lipinski definition) is 5. The van der Waals surface area contributed by atoms with Crippen LogP contribution >= 0.6 is 0 Å². The standard InChI is InChI=1S/C23H22FN3O5S/c1-15-14-20(10-11-21(15)24)33(30,31)27-18-4-2-16(3-5-18)23(29)26-17-6-8-19(9-7-17)32-13-12-22(25)28/h2-11,14,27H,12-13H2,1H3,(H2,25,28)(H,26,29). The molecule has 0 aliphatic carbocycles. The molecule has 0 bridgehead atoms. The Bertz CT molecular complexity index is 1260. The molecule has 4 N–H and O–H groups in total. The molecule has 3 aromatic carbocycles. The van der Waals surface area contributed by atoms with Gasteiger partial charge in [-0.25, -0.2) is 12.8 Å². The molecule has 0 unspecified atom stereocenters. The van der Waals surface area contributed by atoms with Crippen LogP contribution in [-0.2, 0) is 14.8 Å². The van der Waals surface area contributed by atoms with Crippen molar-refractivity contribution in [2.45, 2.75) is 18.2 Å². The number of benzene rings is 3. The van der Waals surface area contributed by atoms with Crippen molar-refractivity contribution in [2.75, 3.05) is 16.6 Å². The molecule has 0 saturated heterocycles. The van der Waals surface area contributed by atoms with E-state index in [0.717, 1.165) is 6.07 Å². The van der Waals surface area contributed by atoms with Crippen LogP contribution in [-0.4, -0.2) is 26.8 Å². The van der Waals surface area contributed by atoms with Crippen molar-refractivity contribution in [3.05, 3.63) is 83.7 Å². The third-order valence-electron chi connectivity index (χ3n) is 4.57. The van der Waals surface area contributed by atoms with Crippen molar-refractivity contribution >= 4 is 33.2 Å². The fraction of sp³-hybridized carbons (Fsp3) is 0.130. The molecule has 0 saturated carbocycles. The molecule has 10 heteroatoms. The molecule has 3 rings (SSSR count). The highest BCUT2D eigenvalue weighted by Gasteiger charge is 2.16. The number of aryl methyl sites for hydroxylation is 1. The predicted molar refractivity (Wildman–Crippen MR) is 122 cm³/mol. The minimum absolute atomic E-state index is 0.0646. The minimum Gasteiger partial charge on any atom is -0.493 e. The van der Waals surface area contributed by atoms with Gasteiger partial charge in [-0.1, -0.05) is 0 Å². The Morgan fingerprint density at radius 3 is 2.21 bits per heavy atom. The zero-order valence-corrected chi connectivity index (χ0v) is 18.5. The highest BCUT2D eigenvalue weighted by atomic mass is 32.2. The van der Waals surface area contributed by atoms with Crippen LogP contribution < -0.4 is 20.5 Å². The lowest BCUT2D eigenvalue weighted by Crippen LogP contribution is -2.15. The lowest BCUT2D eigenvalue weighted by atomic mass is 10.2. The Balaban J connectivity index is 1.60. The summed E-state index contributed by atoms with van der Waals surface area (Å²) >= 11 is 0. The number of amides is 2. The van der Waals surface area contributed by atoms with Crippen LogP contribution in [0.1, 0.15) is 22.3 Å². The third kappa shape index (κ3) is 6.53. The molecule has 2 amide bonds. The monoisotopic (exact) mass is 471 g/mol. The van der Waals surface area contributed by atoms with E-state index in [4.69, 9.17) is 10.5 Å². The van der Waals surface area contributed by atoms with Crippen LogP contribution in [0.4, 0.5) is 15.8 Å². The molecule has 0 fully saturated rings. The maximum atomic E-state index is 13.4. The largest absolute Gasteiger partial charge is 0.493 e. The van der Waals surface area contributed by atoms with Gasteiger partial charge in [0, 0.05) is 16.9 Å². The molecule has 172 valence electrons. The van der Waals surface area contributed by atoms with Crippen LogP contribution in [0.25, 0.3) is 0 Å². The Labute approximate surface area is 190 Å². The molecular formula is C23H22FN3O5S. The highest BCUT2D eigenvalue weighted by molar-refractivity contribution is 7.92. The first-order valence-corrected chi connectivity index (χ1v) is 11.3. The third-order valence-corrected chi connectivity index (χ3v) is 5.95. The summed E-state index contributed by atoms with van der Waals surface area (Å²) in [6.07, 6.45) is 0.105. The predicted octanol–water partition coefficient (Wildman–Crippen LogP) is 3.44. The van der Waals surface area contributed by atoms with Crippen LogP contribution in [0, 0.1) is 12.7 Å². The molecule has 0 aliphatic rings. The number of halogens is 1. The number of nitrogens with two attached hydrogens (primary N) is 1. The van der Waals surface area contributed by atoms with E-state index in [-0.39, 0.29) is 35.1 Å². The van der Waals surface area contributed by atoms with Gasteiger partial charge >= 0.3 is 0 Å². The maximum absolute atomic E-state index is 13.4. The number of primary amides is 1. The van der Waals surface area contributed by atoms with Crippen molar-refractivity contribution < 1.29 is 27.1 Å². The number of anilines is 2. The Morgan fingerprint density at radius 2 is 1.61 bits per heavy atom. The summed E-state index contributed by atoms with van der Waals surface area (Å²) in [7, 11) is -3.90. The van der Waals surface area contributed by atoms with Crippen LogP contribution in [0.15, 0.2) is 71.6 Å². The molecule has 33 heavy (non-hydrogen) atoms. The summed E-state index contributed by atoms with van der Waals surface area (Å²) in [6, 6.07) is 16.0. The van der Waals surface area contributed by atoms with Gasteiger partial charge in [0.15, 0.2) is 0 Å². The Hall–Kier alpha value is -3.92. The first-order valence-electron chi connectivity index (χ1n) is 9.85. The van der Waals surface area contributed by atoms with Crippen molar-refractivity contribution in [3.8, 4) is 5.75 Å². The van der Waals surface area contributed by atoms with Gasteiger partial charge in [0.1, 0.15) is 11.6 Å². The van der Waals surface area contributed by atoms with E-state index in [9.17, 15) is 22.4 Å². The van der Waals surface area contributed by atoms with E-state index >= 15 is 0 Å². The molecule has 0 radical (unpaired) electrons. The molecule has 0 heterocycles. The number of carbonyl (C=O) groups excluding carboxylic acids is 2. The maximum Gasteiger partial charge on any atom is 0.261 e. The van der Waals surface area contributed by atoms with Gasteiger partial charge in [-0.2, -0.15) is 0 Å². The van der Waals surface area contributed by atoms with Crippen LogP contribution in [0.5, 0.6) is 5.75 Å². The lowest BCUT2D eigenvalue weighted by Gasteiger charge is -2.10. The van der Waals surface area contributed by atoms with E-state index < -0.39 is 21.7 Å². The molecular weight excluding hydrogens is 449 g/mol. The molecule has 3 aromatic rings. The van der Waals surface area contributed by atoms with Gasteiger partial charge in [-0.15, -0.1) is 0 Å². The summed E-state index contributed by atoms with van der Waals surface area (Å²) in [6.45, 7) is 1.64. The zero-order chi connectivity index (χ0) is 24.0. The van der Waals surface area contributed by atoms with E-state index in [1.807, 2.05) is 0 Å². The van der Waals surface area contributed by atoms with Crippen molar-refractivity contribution in [1.82, 2.24) is 0 Å². The number of carbonyl (C=O) groups is 2. The second-order valence-electron chi connectivity index (χ2n) is 7.14. The SMILES string of the molecule is Cc1cc(S(=O)(=O)Nc2ccc(C(=O)Nc3ccc(OCCC(N)=O)cc3)cc2)ccc1F. The zero-order valence-electron chi connectivity index (χ0n) is 17.7. The molecule has 0 spiro atoms. The van der Waals surface area contributed by atoms with Crippen LogP contribution in [0.2, 0.25) is 0 Å². The van der Waals surface area contributed by atoms with E-state index in [0.29, 0.717) is 17.0 Å². The van der Waals surface area contributed by atoms with E-state index in [1.54, 1.807) is 24.3 Å². The van der Waals surface area contributed by atoms with Gasteiger partial charge < -0.3 is 15.8 Å². The van der Waals surface area contributed by atoms with E-state index in [1.165, 1.54) is 43.3 Å². The first kappa shape index (κ1) is 23.7. The quantitative estimate of drug-likeness (QED) is 0.441. The lowest BCUT2D eigenvalue weighted by molar-refractivity contribution is -0.118. The number of nitrogens with one attached hydrogen (secondary N) is 2. The first-order chi connectivity index (χ1) is 15.6. The second kappa shape index (κ2) is 10.1.